The third-order valence-corrected chi connectivity index (χ3v) is 4.47. The number of nitrogens with zero attached hydrogens (tertiary/aromatic N) is 2. The molecular formula is C13H13FN2O2S. The van der Waals surface area contributed by atoms with E-state index in [0.29, 0.717) is 5.69 Å². The van der Waals surface area contributed by atoms with Gasteiger partial charge in [-0.15, -0.1) is 0 Å². The molecule has 0 fully saturated rings. The van der Waals surface area contributed by atoms with Crippen LogP contribution in [0.1, 0.15) is 5.69 Å². The summed E-state index contributed by atoms with van der Waals surface area (Å²) in [6.45, 7) is 0.0947. The Morgan fingerprint density at radius 3 is 2.47 bits per heavy atom. The van der Waals surface area contributed by atoms with Gasteiger partial charge in [0.05, 0.1) is 12.2 Å². The molecule has 2 aromatic rings. The van der Waals surface area contributed by atoms with Crippen LogP contribution in [0.4, 0.5) is 4.39 Å². The Bertz CT molecular complexity index is 659. The summed E-state index contributed by atoms with van der Waals surface area (Å²) in [4.78, 5) is 3.72. The lowest BCUT2D eigenvalue weighted by atomic mass is 10.3. The number of sulfonamides is 1. The monoisotopic (exact) mass is 280 g/mol. The molecule has 0 aliphatic rings. The third kappa shape index (κ3) is 2.97. The normalized spacial score (nSPS) is 11.7. The summed E-state index contributed by atoms with van der Waals surface area (Å²) in [6.07, 6.45) is 1.58. The fraction of sp³-hybridized carbons (Fsp3) is 0.154. The molecule has 0 saturated heterocycles. The maximum atomic E-state index is 13.6. The van der Waals surface area contributed by atoms with Gasteiger partial charge in [0.25, 0.3) is 0 Å². The lowest BCUT2D eigenvalue weighted by molar-refractivity contribution is 0.455. The SMILES string of the molecule is CN(Cc1ccccn1)S(=O)(=O)c1ccccc1F. The standard InChI is InChI=1S/C13H13FN2O2S/c1-16(10-11-6-4-5-9-15-11)19(17,18)13-8-3-2-7-12(13)14/h2-9H,10H2,1H3. The van der Waals surface area contributed by atoms with Gasteiger partial charge in [-0.3, -0.25) is 4.98 Å². The second kappa shape index (κ2) is 5.46. The number of pyridine rings is 1. The Morgan fingerprint density at radius 1 is 1.16 bits per heavy atom. The van der Waals surface area contributed by atoms with Crippen molar-refractivity contribution >= 4 is 10.0 Å². The van der Waals surface area contributed by atoms with Gasteiger partial charge in [0.1, 0.15) is 10.7 Å². The second-order valence-corrected chi connectivity index (χ2v) is 6.03. The summed E-state index contributed by atoms with van der Waals surface area (Å²) in [6, 6.07) is 10.5. The highest BCUT2D eigenvalue weighted by Crippen LogP contribution is 2.18. The van der Waals surface area contributed by atoms with Gasteiger partial charge in [0.15, 0.2) is 0 Å². The molecule has 0 N–H and O–H groups in total. The molecule has 4 nitrogen and oxygen atoms in total. The van der Waals surface area contributed by atoms with E-state index in [1.165, 1.54) is 25.2 Å². The predicted octanol–water partition coefficient (Wildman–Crippen LogP) is 2.04. The third-order valence-electron chi connectivity index (χ3n) is 2.64. The first-order chi connectivity index (χ1) is 9.01. The molecule has 0 saturated carbocycles. The Morgan fingerprint density at radius 2 is 1.84 bits per heavy atom. The Hall–Kier alpha value is -1.79. The van der Waals surface area contributed by atoms with Crippen LogP contribution in [0, 0.1) is 5.82 Å². The van der Waals surface area contributed by atoms with Gasteiger partial charge in [0, 0.05) is 13.2 Å². The topological polar surface area (TPSA) is 50.3 Å². The molecule has 0 amide bonds. The second-order valence-electron chi connectivity index (χ2n) is 4.01. The lowest BCUT2D eigenvalue weighted by Crippen LogP contribution is -2.27. The molecule has 19 heavy (non-hydrogen) atoms. The molecule has 1 aromatic heterocycles. The number of aromatic nitrogens is 1. The Balaban J connectivity index is 2.28. The van der Waals surface area contributed by atoms with Gasteiger partial charge in [-0.25, -0.2) is 12.8 Å². The molecule has 0 unspecified atom stereocenters. The van der Waals surface area contributed by atoms with Crippen molar-refractivity contribution in [2.45, 2.75) is 11.4 Å². The van der Waals surface area contributed by atoms with Gasteiger partial charge < -0.3 is 0 Å². The highest BCUT2D eigenvalue weighted by molar-refractivity contribution is 7.89. The summed E-state index contributed by atoms with van der Waals surface area (Å²) < 4.78 is 39.1. The maximum Gasteiger partial charge on any atom is 0.246 e. The minimum absolute atomic E-state index is 0.0947. The molecule has 100 valence electrons. The molecule has 0 aliphatic carbocycles. The molecule has 0 bridgehead atoms. The van der Waals surface area contributed by atoms with Crippen LogP contribution in [0.2, 0.25) is 0 Å². The zero-order chi connectivity index (χ0) is 13.9. The zero-order valence-corrected chi connectivity index (χ0v) is 11.1. The van der Waals surface area contributed by atoms with E-state index < -0.39 is 15.8 Å². The smallest absolute Gasteiger partial charge is 0.246 e. The van der Waals surface area contributed by atoms with Crippen molar-refractivity contribution in [2.24, 2.45) is 0 Å². The average molecular weight is 280 g/mol. The summed E-state index contributed by atoms with van der Waals surface area (Å²) in [7, 11) is -2.45. The molecule has 1 heterocycles. The largest absolute Gasteiger partial charge is 0.260 e. The van der Waals surface area contributed by atoms with Crippen LogP contribution in [0.15, 0.2) is 53.6 Å². The van der Waals surface area contributed by atoms with Crippen molar-refractivity contribution in [3.63, 3.8) is 0 Å². The van der Waals surface area contributed by atoms with Gasteiger partial charge in [0.2, 0.25) is 10.0 Å². The van der Waals surface area contributed by atoms with Crippen molar-refractivity contribution < 1.29 is 12.8 Å². The van der Waals surface area contributed by atoms with E-state index in [0.717, 1.165) is 10.4 Å². The fourth-order valence-corrected chi connectivity index (χ4v) is 2.83. The van der Waals surface area contributed by atoms with Crippen LogP contribution in [0.3, 0.4) is 0 Å². The van der Waals surface area contributed by atoms with E-state index in [4.69, 9.17) is 0 Å². The summed E-state index contributed by atoms with van der Waals surface area (Å²) in [5.41, 5.74) is 0.602. The molecular weight excluding hydrogens is 267 g/mol. The van der Waals surface area contributed by atoms with Crippen molar-refractivity contribution in [2.75, 3.05) is 7.05 Å². The highest BCUT2D eigenvalue weighted by Gasteiger charge is 2.24. The molecule has 1 aromatic carbocycles. The molecule has 0 aliphatic heterocycles. The van der Waals surface area contributed by atoms with Gasteiger partial charge in [-0.05, 0) is 24.3 Å². The Labute approximate surface area is 111 Å². The van der Waals surface area contributed by atoms with Crippen LogP contribution >= 0.6 is 0 Å². The maximum absolute atomic E-state index is 13.6. The molecule has 2 rings (SSSR count). The fourth-order valence-electron chi connectivity index (χ4n) is 1.63. The van der Waals surface area contributed by atoms with E-state index >= 15 is 0 Å². The zero-order valence-electron chi connectivity index (χ0n) is 10.3. The summed E-state index contributed by atoms with van der Waals surface area (Å²) in [5, 5.41) is 0. The van der Waals surface area contributed by atoms with Crippen LogP contribution < -0.4 is 0 Å². The quantitative estimate of drug-likeness (QED) is 0.861. The number of hydrogen-bond donors (Lipinski definition) is 0. The van der Waals surface area contributed by atoms with Crippen molar-refractivity contribution in [1.82, 2.24) is 9.29 Å². The molecule has 0 spiro atoms. The van der Waals surface area contributed by atoms with Crippen molar-refractivity contribution in [3.8, 4) is 0 Å². The molecule has 6 heteroatoms. The number of rotatable bonds is 4. The van der Waals surface area contributed by atoms with E-state index in [2.05, 4.69) is 4.98 Å². The van der Waals surface area contributed by atoms with E-state index in [1.807, 2.05) is 0 Å². The first-order valence-corrected chi connectivity index (χ1v) is 7.06. The van der Waals surface area contributed by atoms with Crippen LogP contribution in [0.5, 0.6) is 0 Å². The number of benzene rings is 1. The van der Waals surface area contributed by atoms with E-state index in [1.54, 1.807) is 24.4 Å². The average Bonchev–Trinajstić information content (AvgIpc) is 2.40. The van der Waals surface area contributed by atoms with E-state index in [-0.39, 0.29) is 11.4 Å². The number of hydrogen-bond acceptors (Lipinski definition) is 3. The first-order valence-electron chi connectivity index (χ1n) is 5.62. The molecule has 0 radical (unpaired) electrons. The van der Waals surface area contributed by atoms with Crippen LogP contribution in [-0.4, -0.2) is 24.8 Å². The van der Waals surface area contributed by atoms with E-state index in [9.17, 15) is 12.8 Å². The van der Waals surface area contributed by atoms with Crippen molar-refractivity contribution in [3.05, 3.63) is 60.2 Å². The minimum atomic E-state index is -3.85. The van der Waals surface area contributed by atoms with Crippen LogP contribution in [-0.2, 0) is 16.6 Å². The summed E-state index contributed by atoms with van der Waals surface area (Å²) >= 11 is 0. The highest BCUT2D eigenvalue weighted by atomic mass is 32.2. The predicted molar refractivity (Wildman–Crippen MR) is 69.3 cm³/mol. The first kappa shape index (κ1) is 13.6. The van der Waals surface area contributed by atoms with Gasteiger partial charge in [-0.1, -0.05) is 18.2 Å². The van der Waals surface area contributed by atoms with Crippen molar-refractivity contribution in [1.29, 1.82) is 0 Å². The molecule has 0 atom stereocenters. The van der Waals surface area contributed by atoms with Gasteiger partial charge in [-0.2, -0.15) is 4.31 Å². The van der Waals surface area contributed by atoms with Gasteiger partial charge >= 0.3 is 0 Å². The minimum Gasteiger partial charge on any atom is -0.260 e. The summed E-state index contributed by atoms with van der Waals surface area (Å²) in [5.74, 6) is -0.754. The lowest BCUT2D eigenvalue weighted by Gasteiger charge is -2.17. The van der Waals surface area contributed by atoms with Crippen LogP contribution in [0.25, 0.3) is 0 Å². The number of halogens is 1. The Kier molecular flexibility index (Phi) is 3.92.